The van der Waals surface area contributed by atoms with Crippen LogP contribution in [0.2, 0.25) is 0 Å². The van der Waals surface area contributed by atoms with Crippen LogP contribution in [0, 0.1) is 0 Å². The van der Waals surface area contributed by atoms with E-state index in [1.807, 2.05) is 0 Å². The van der Waals surface area contributed by atoms with Crippen LogP contribution in [0.5, 0.6) is 0 Å². The van der Waals surface area contributed by atoms with Crippen molar-refractivity contribution in [2.24, 2.45) is 0 Å². The maximum Gasteiger partial charge on any atom is 0.240 e. The summed E-state index contributed by atoms with van der Waals surface area (Å²) in [4.78, 5) is 8.07. The normalized spacial score (nSPS) is 25.0. The molecule has 1 aliphatic rings. The van der Waals surface area contributed by atoms with Gasteiger partial charge in [0.1, 0.15) is 18.3 Å². The molecule has 10 heteroatoms. The van der Waals surface area contributed by atoms with E-state index in [9.17, 15) is 0 Å². The number of nitrogens with zero attached hydrogens (tertiary/aromatic N) is 4. The van der Waals surface area contributed by atoms with E-state index in [2.05, 4.69) is 28.9 Å². The number of alkyl halides is 1. The van der Waals surface area contributed by atoms with E-state index in [0.29, 0.717) is 24.6 Å². The lowest BCUT2D eigenvalue weighted by molar-refractivity contribution is -0.0673. The fourth-order valence-electron chi connectivity index (χ4n) is 3.22. The smallest absolute Gasteiger partial charge is 0.240 e. The van der Waals surface area contributed by atoms with Crippen molar-refractivity contribution in [3.05, 3.63) is 11.9 Å². The summed E-state index contributed by atoms with van der Waals surface area (Å²) in [5, 5.41) is 4.11. The average molecular weight is 396 g/mol. The van der Waals surface area contributed by atoms with Gasteiger partial charge in [-0.05, 0) is 12.8 Å². The number of ether oxygens (including phenoxy) is 3. The van der Waals surface area contributed by atoms with Crippen molar-refractivity contribution >= 4 is 17.4 Å². The molecule has 9 nitrogen and oxygen atoms in total. The van der Waals surface area contributed by atoms with Gasteiger partial charge in [-0.1, -0.05) is 26.7 Å². The number of imidazole rings is 1. The summed E-state index contributed by atoms with van der Waals surface area (Å²) in [7, 11) is 0. The van der Waals surface area contributed by atoms with Crippen LogP contribution in [0.15, 0.2) is 6.20 Å². The largest absolute Gasteiger partial charge is 0.380 e. The Bertz CT molecular complexity index is 773. The molecule has 3 heterocycles. The highest BCUT2D eigenvalue weighted by Crippen LogP contribution is 2.38. The van der Waals surface area contributed by atoms with Gasteiger partial charge in [0.15, 0.2) is 17.6 Å². The number of hydrogen-bond acceptors (Lipinski definition) is 8. The lowest BCUT2D eigenvalue weighted by Crippen LogP contribution is -2.34. The van der Waals surface area contributed by atoms with Crippen LogP contribution in [0.25, 0.3) is 5.65 Å². The summed E-state index contributed by atoms with van der Waals surface area (Å²) in [5.74, 6) is 0.107. The number of hydrogen-bond donors (Lipinski definition) is 2. The molecule has 0 saturated carbocycles. The quantitative estimate of drug-likeness (QED) is 0.585. The molecule has 4 N–H and O–H groups in total. The highest BCUT2D eigenvalue weighted by molar-refractivity contribution is 5.60. The first-order valence-corrected chi connectivity index (χ1v) is 9.82. The monoisotopic (exact) mass is 396 g/mol. The molecule has 2 aromatic rings. The number of anilines is 2. The molecule has 156 valence electrons. The summed E-state index contributed by atoms with van der Waals surface area (Å²) in [6.45, 7) is 5.49. The summed E-state index contributed by atoms with van der Waals surface area (Å²) < 4.78 is 34.2. The lowest BCUT2D eigenvalue weighted by Gasteiger charge is -2.20. The maximum absolute atomic E-state index is 15.3. The Kier molecular flexibility index (Phi) is 6.97. The number of aromatic nitrogens is 4. The van der Waals surface area contributed by atoms with Crippen LogP contribution in [0.1, 0.15) is 51.3 Å². The van der Waals surface area contributed by atoms with Gasteiger partial charge in [-0.2, -0.15) is 4.98 Å². The summed E-state index contributed by atoms with van der Waals surface area (Å²) in [5.41, 5.74) is 12.3. The fraction of sp³-hybridized carbons (Fsp3) is 0.722. The molecule has 1 fully saturated rings. The van der Waals surface area contributed by atoms with E-state index in [4.69, 9.17) is 25.7 Å². The first kappa shape index (κ1) is 20.7. The van der Waals surface area contributed by atoms with Crippen LogP contribution < -0.4 is 11.5 Å². The van der Waals surface area contributed by atoms with Crippen molar-refractivity contribution in [3.8, 4) is 0 Å². The first-order chi connectivity index (χ1) is 13.6. The Balaban J connectivity index is 1.81. The second kappa shape index (κ2) is 9.44. The van der Waals surface area contributed by atoms with Gasteiger partial charge in [0.05, 0.1) is 18.5 Å². The van der Waals surface area contributed by atoms with Crippen LogP contribution in [0.3, 0.4) is 0 Å². The van der Waals surface area contributed by atoms with Gasteiger partial charge >= 0.3 is 0 Å². The average Bonchev–Trinajstić information content (AvgIpc) is 3.21. The molecular weight excluding hydrogens is 367 g/mol. The van der Waals surface area contributed by atoms with E-state index in [-0.39, 0.29) is 18.4 Å². The fourth-order valence-corrected chi connectivity index (χ4v) is 3.22. The van der Waals surface area contributed by atoms with Crippen LogP contribution in [-0.4, -0.2) is 57.8 Å². The maximum atomic E-state index is 15.3. The molecule has 0 spiro atoms. The van der Waals surface area contributed by atoms with Gasteiger partial charge in [0.25, 0.3) is 0 Å². The number of nitrogen functional groups attached to an aromatic ring is 2. The molecule has 0 aliphatic carbocycles. The van der Waals surface area contributed by atoms with Crippen molar-refractivity contribution in [1.29, 1.82) is 0 Å². The van der Waals surface area contributed by atoms with Crippen molar-refractivity contribution in [2.75, 3.05) is 31.3 Å². The van der Waals surface area contributed by atoms with Gasteiger partial charge in [-0.3, -0.25) is 0 Å². The van der Waals surface area contributed by atoms with Gasteiger partial charge in [-0.25, -0.2) is 13.9 Å². The number of unbranched alkanes of at least 4 members (excludes halogenated alkanes) is 2. The highest BCUT2D eigenvalue weighted by Gasteiger charge is 2.48. The zero-order chi connectivity index (χ0) is 20.1. The van der Waals surface area contributed by atoms with E-state index < -0.39 is 24.5 Å². The minimum absolute atomic E-state index is 0.0205. The first-order valence-electron chi connectivity index (χ1n) is 9.82. The molecule has 3 rings (SSSR count). The molecule has 0 radical (unpaired) electrons. The third kappa shape index (κ3) is 4.34. The molecule has 2 aromatic heterocycles. The van der Waals surface area contributed by atoms with Gasteiger partial charge in [0.2, 0.25) is 5.95 Å². The van der Waals surface area contributed by atoms with Crippen LogP contribution in [-0.2, 0) is 14.2 Å². The lowest BCUT2D eigenvalue weighted by atomic mass is 10.1. The SMILES string of the molecule is CCCCOC[C@H]1O[C@@H](c2cnc3c(N)nc(N)nn23)[C@H](F)[C@@H]1OCCCC. The Labute approximate surface area is 163 Å². The second-order valence-corrected chi connectivity index (χ2v) is 6.93. The van der Waals surface area contributed by atoms with Crippen molar-refractivity contribution in [1.82, 2.24) is 19.6 Å². The third-order valence-corrected chi connectivity index (χ3v) is 4.75. The minimum Gasteiger partial charge on any atom is -0.380 e. The molecule has 0 bridgehead atoms. The van der Waals surface area contributed by atoms with Gasteiger partial charge in [0, 0.05) is 13.2 Å². The molecule has 0 amide bonds. The Morgan fingerprint density at radius 1 is 1.21 bits per heavy atom. The Hall–Kier alpha value is -2.04. The minimum atomic E-state index is -1.39. The third-order valence-electron chi connectivity index (χ3n) is 4.75. The summed E-state index contributed by atoms with van der Waals surface area (Å²) >= 11 is 0. The molecule has 1 aliphatic heterocycles. The van der Waals surface area contributed by atoms with E-state index in [0.717, 1.165) is 25.7 Å². The molecule has 28 heavy (non-hydrogen) atoms. The van der Waals surface area contributed by atoms with Crippen molar-refractivity contribution in [3.63, 3.8) is 0 Å². The zero-order valence-corrected chi connectivity index (χ0v) is 16.4. The van der Waals surface area contributed by atoms with Crippen LogP contribution >= 0.6 is 0 Å². The number of halogens is 1. The summed E-state index contributed by atoms with van der Waals surface area (Å²) in [6, 6.07) is 0. The van der Waals surface area contributed by atoms with E-state index in [1.165, 1.54) is 10.7 Å². The molecule has 0 unspecified atom stereocenters. The van der Waals surface area contributed by atoms with Gasteiger partial charge in [-0.15, -0.1) is 5.10 Å². The Morgan fingerprint density at radius 2 is 1.96 bits per heavy atom. The molecular formula is C18H29FN6O3. The summed E-state index contributed by atoms with van der Waals surface area (Å²) in [6.07, 6.45) is 1.74. The second-order valence-electron chi connectivity index (χ2n) is 6.93. The zero-order valence-electron chi connectivity index (χ0n) is 16.4. The van der Waals surface area contributed by atoms with E-state index >= 15 is 4.39 Å². The number of rotatable bonds is 10. The van der Waals surface area contributed by atoms with Gasteiger partial charge < -0.3 is 25.7 Å². The molecule has 4 atom stereocenters. The predicted molar refractivity (Wildman–Crippen MR) is 102 cm³/mol. The molecule has 1 saturated heterocycles. The van der Waals surface area contributed by atoms with Crippen molar-refractivity contribution < 1.29 is 18.6 Å². The number of fused-ring (bicyclic) bond motifs is 1. The predicted octanol–water partition coefficient (Wildman–Crippen LogP) is 2.07. The Morgan fingerprint density at radius 3 is 2.71 bits per heavy atom. The van der Waals surface area contributed by atoms with Crippen LogP contribution in [0.4, 0.5) is 16.2 Å². The number of nitrogens with two attached hydrogens (primary N) is 2. The topological polar surface area (TPSA) is 123 Å². The van der Waals surface area contributed by atoms with Crippen molar-refractivity contribution in [2.45, 2.75) is 64.0 Å². The highest BCUT2D eigenvalue weighted by atomic mass is 19.1. The molecule has 0 aromatic carbocycles. The van der Waals surface area contributed by atoms with E-state index in [1.54, 1.807) is 0 Å². The standard InChI is InChI=1S/C18H29FN6O3/c1-3-5-7-26-10-12-15(27-8-6-4-2)13(19)14(28-12)11-9-22-17-16(20)23-18(21)24-25(11)17/h9,12-15H,3-8,10H2,1-2H3,(H4,20,21,23,24)/t12-,13+,14+,15-/m1/s1.